The number of rotatable bonds is 6. The number of nitrogens with zero attached hydrogens (tertiary/aromatic N) is 7. The van der Waals surface area contributed by atoms with Crippen molar-refractivity contribution in [3.05, 3.63) is 36.3 Å². The third kappa shape index (κ3) is 3.84. The topological polar surface area (TPSA) is 185 Å². The molecule has 0 radical (unpaired) electrons. The first-order chi connectivity index (χ1) is 12.1. The van der Waals surface area contributed by atoms with Crippen LogP contribution in [-0.4, -0.2) is 48.9 Å². The molecule has 13 heteroatoms. The van der Waals surface area contributed by atoms with Gasteiger partial charge in [-0.25, -0.2) is 9.31 Å². The highest BCUT2D eigenvalue weighted by Crippen LogP contribution is 2.11. The van der Waals surface area contributed by atoms with Gasteiger partial charge in [-0.1, -0.05) is 5.16 Å². The summed E-state index contributed by atoms with van der Waals surface area (Å²) in [6.45, 7) is -0.360. The van der Waals surface area contributed by atoms with Crippen LogP contribution in [0.15, 0.2) is 40.4 Å². The number of amidine groups is 1. The Morgan fingerprint density at radius 3 is 2.76 bits per heavy atom. The molecule has 3 rings (SSSR count). The maximum atomic E-state index is 11.8. The summed E-state index contributed by atoms with van der Waals surface area (Å²) < 4.78 is 5.86. The molecule has 0 aliphatic heterocycles. The van der Waals surface area contributed by atoms with Gasteiger partial charge in [0.1, 0.15) is 6.33 Å². The molecule has 3 aromatic rings. The maximum absolute atomic E-state index is 11.8. The Balaban J connectivity index is 1.52. The van der Waals surface area contributed by atoms with Crippen molar-refractivity contribution in [1.29, 1.82) is 0 Å². The number of nitrogens with one attached hydrogen (secondary N) is 1. The van der Waals surface area contributed by atoms with Gasteiger partial charge < -0.3 is 21.6 Å². The SMILES string of the molecule is N/C(=N\OCC(=O)Nc1ccc(-n2cnnn2)cc1)c1nonc1N. The van der Waals surface area contributed by atoms with Gasteiger partial charge in [0.05, 0.1) is 5.69 Å². The molecule has 128 valence electrons. The van der Waals surface area contributed by atoms with Crippen LogP contribution in [0.3, 0.4) is 0 Å². The number of amides is 1. The molecule has 2 aromatic heterocycles. The van der Waals surface area contributed by atoms with Gasteiger partial charge >= 0.3 is 0 Å². The molecule has 0 spiro atoms. The van der Waals surface area contributed by atoms with Crippen LogP contribution in [0.25, 0.3) is 5.69 Å². The van der Waals surface area contributed by atoms with Gasteiger partial charge in [-0.05, 0) is 45.0 Å². The molecule has 0 bridgehead atoms. The molecule has 25 heavy (non-hydrogen) atoms. The van der Waals surface area contributed by atoms with Crippen LogP contribution >= 0.6 is 0 Å². The first-order valence-corrected chi connectivity index (χ1v) is 6.80. The molecule has 0 aliphatic carbocycles. The lowest BCUT2D eigenvalue weighted by Gasteiger charge is -2.05. The Labute approximate surface area is 139 Å². The lowest BCUT2D eigenvalue weighted by molar-refractivity contribution is -0.120. The first-order valence-electron chi connectivity index (χ1n) is 6.80. The normalized spacial score (nSPS) is 11.3. The van der Waals surface area contributed by atoms with Crippen LogP contribution in [0, 0.1) is 0 Å². The van der Waals surface area contributed by atoms with E-state index in [1.807, 2.05) is 0 Å². The van der Waals surface area contributed by atoms with E-state index in [0.717, 1.165) is 5.69 Å². The minimum absolute atomic E-state index is 0.0306. The van der Waals surface area contributed by atoms with Crippen LogP contribution in [0.2, 0.25) is 0 Å². The van der Waals surface area contributed by atoms with E-state index in [4.69, 9.17) is 16.3 Å². The fourth-order valence-corrected chi connectivity index (χ4v) is 1.75. The monoisotopic (exact) mass is 344 g/mol. The van der Waals surface area contributed by atoms with Crippen LogP contribution in [0.4, 0.5) is 11.5 Å². The molecule has 5 N–H and O–H groups in total. The molecular formula is C12H12N10O3. The van der Waals surface area contributed by atoms with Gasteiger partial charge in [-0.3, -0.25) is 4.79 Å². The van der Waals surface area contributed by atoms with Crippen molar-refractivity contribution in [2.45, 2.75) is 0 Å². The van der Waals surface area contributed by atoms with Crippen LogP contribution in [0.1, 0.15) is 5.69 Å². The van der Waals surface area contributed by atoms with E-state index in [2.05, 4.69) is 40.9 Å². The van der Waals surface area contributed by atoms with Gasteiger partial charge in [-0.15, -0.1) is 5.10 Å². The van der Waals surface area contributed by atoms with Gasteiger partial charge in [-0.2, -0.15) is 0 Å². The number of oxime groups is 1. The number of hydrogen-bond acceptors (Lipinski definition) is 10. The van der Waals surface area contributed by atoms with Gasteiger partial charge in [0, 0.05) is 5.69 Å². The minimum atomic E-state index is -0.432. The number of carbonyl (C=O) groups excluding carboxylic acids is 1. The number of aromatic nitrogens is 6. The lowest BCUT2D eigenvalue weighted by atomic mass is 10.3. The van der Waals surface area contributed by atoms with E-state index in [9.17, 15) is 4.79 Å². The molecule has 1 aromatic carbocycles. The third-order valence-corrected chi connectivity index (χ3v) is 2.88. The van der Waals surface area contributed by atoms with E-state index in [0.29, 0.717) is 5.69 Å². The number of nitrogen functional groups attached to an aromatic ring is 1. The second kappa shape index (κ2) is 7.03. The Hall–Kier alpha value is -4.03. The fraction of sp³-hybridized carbons (Fsp3) is 0.0833. The van der Waals surface area contributed by atoms with Crippen molar-refractivity contribution in [2.75, 3.05) is 17.7 Å². The molecule has 0 aliphatic rings. The summed E-state index contributed by atoms with van der Waals surface area (Å²) >= 11 is 0. The highest BCUT2D eigenvalue weighted by Gasteiger charge is 2.11. The zero-order valence-electron chi connectivity index (χ0n) is 12.6. The summed E-state index contributed by atoms with van der Waals surface area (Å²) in [5.41, 5.74) is 12.4. The van der Waals surface area contributed by atoms with Crippen molar-refractivity contribution < 1.29 is 14.3 Å². The van der Waals surface area contributed by atoms with Crippen LogP contribution < -0.4 is 16.8 Å². The van der Waals surface area contributed by atoms with Crippen LogP contribution in [-0.2, 0) is 9.63 Å². The number of hydrogen-bond donors (Lipinski definition) is 3. The predicted molar refractivity (Wildman–Crippen MR) is 83.2 cm³/mol. The molecule has 2 heterocycles. The Morgan fingerprint density at radius 2 is 2.12 bits per heavy atom. The summed E-state index contributed by atoms with van der Waals surface area (Å²) in [5.74, 6) is -0.618. The second-order valence-electron chi connectivity index (χ2n) is 4.60. The standard InChI is InChI=1S/C12H12N10O3/c13-11(10-12(14)19-25-17-10)18-24-5-9(23)16-7-1-3-8(4-2-7)22-6-15-20-21-22/h1-4,6H,5H2,(H2,13,18)(H2,14,19)(H,16,23). The zero-order valence-corrected chi connectivity index (χ0v) is 12.6. The highest BCUT2D eigenvalue weighted by molar-refractivity contribution is 5.98. The fourth-order valence-electron chi connectivity index (χ4n) is 1.75. The zero-order chi connectivity index (χ0) is 17.6. The summed E-state index contributed by atoms with van der Waals surface area (Å²) in [7, 11) is 0. The van der Waals surface area contributed by atoms with E-state index in [1.165, 1.54) is 11.0 Å². The third-order valence-electron chi connectivity index (χ3n) is 2.88. The van der Waals surface area contributed by atoms with Crippen molar-refractivity contribution >= 4 is 23.2 Å². The molecular weight excluding hydrogens is 332 g/mol. The van der Waals surface area contributed by atoms with Gasteiger partial charge in [0.15, 0.2) is 24.0 Å². The quantitative estimate of drug-likeness (QED) is 0.281. The van der Waals surface area contributed by atoms with E-state index in [1.54, 1.807) is 24.3 Å². The summed E-state index contributed by atoms with van der Waals surface area (Å²) in [6.07, 6.45) is 1.46. The van der Waals surface area contributed by atoms with Crippen molar-refractivity contribution in [2.24, 2.45) is 10.9 Å². The van der Waals surface area contributed by atoms with E-state index in [-0.39, 0.29) is 24.0 Å². The van der Waals surface area contributed by atoms with E-state index < -0.39 is 5.91 Å². The summed E-state index contributed by atoms with van der Waals surface area (Å²) in [5, 5.41) is 23.8. The summed E-state index contributed by atoms with van der Waals surface area (Å²) in [6, 6.07) is 6.86. The molecule has 0 atom stereocenters. The first kappa shape index (κ1) is 15.9. The Bertz CT molecular complexity index is 871. The molecule has 13 nitrogen and oxygen atoms in total. The predicted octanol–water partition coefficient (Wildman–Crippen LogP) is -1.10. The minimum Gasteiger partial charge on any atom is -0.384 e. The number of tetrazole rings is 1. The lowest BCUT2D eigenvalue weighted by Crippen LogP contribution is -2.20. The molecule has 0 saturated heterocycles. The smallest absolute Gasteiger partial charge is 0.265 e. The average molecular weight is 344 g/mol. The number of carbonyl (C=O) groups is 1. The van der Waals surface area contributed by atoms with Crippen molar-refractivity contribution in [3.8, 4) is 5.69 Å². The largest absolute Gasteiger partial charge is 0.384 e. The Kier molecular flexibility index (Phi) is 4.46. The Morgan fingerprint density at radius 1 is 1.32 bits per heavy atom. The molecule has 0 saturated carbocycles. The number of anilines is 2. The van der Waals surface area contributed by atoms with Crippen molar-refractivity contribution in [3.63, 3.8) is 0 Å². The van der Waals surface area contributed by atoms with Crippen molar-refractivity contribution in [1.82, 2.24) is 30.5 Å². The summed E-state index contributed by atoms with van der Waals surface area (Å²) in [4.78, 5) is 16.7. The van der Waals surface area contributed by atoms with Gasteiger partial charge in [0.25, 0.3) is 5.91 Å². The number of benzene rings is 1. The van der Waals surface area contributed by atoms with Gasteiger partial charge in [0.2, 0.25) is 0 Å². The maximum Gasteiger partial charge on any atom is 0.265 e. The van der Waals surface area contributed by atoms with Crippen LogP contribution in [0.5, 0.6) is 0 Å². The average Bonchev–Trinajstić information content (AvgIpc) is 3.27. The van der Waals surface area contributed by atoms with E-state index >= 15 is 0 Å². The second-order valence-corrected chi connectivity index (χ2v) is 4.60. The highest BCUT2D eigenvalue weighted by atomic mass is 16.6. The molecule has 0 unspecified atom stereocenters. The molecule has 1 amide bonds. The molecule has 0 fully saturated rings. The number of nitrogens with two attached hydrogens (primary N) is 2.